The number of nitrogens with two attached hydrogens (primary N) is 1. The fourth-order valence-electron chi connectivity index (χ4n) is 3.47. The van der Waals surface area contributed by atoms with Crippen molar-refractivity contribution in [2.24, 2.45) is 5.73 Å². The summed E-state index contributed by atoms with van der Waals surface area (Å²) in [5.41, 5.74) is 6.77. The van der Waals surface area contributed by atoms with E-state index in [0.717, 1.165) is 43.5 Å². The molecular formula is C17H25ClN2O3. The Hall–Kier alpha value is -1.30. The van der Waals surface area contributed by atoms with Crippen molar-refractivity contribution in [3.05, 3.63) is 29.8 Å². The number of amides is 1. The van der Waals surface area contributed by atoms with Gasteiger partial charge in [-0.2, -0.15) is 0 Å². The molecule has 3 atom stereocenters. The van der Waals surface area contributed by atoms with E-state index < -0.39 is 0 Å². The number of benzene rings is 1. The van der Waals surface area contributed by atoms with E-state index in [2.05, 4.69) is 6.07 Å². The van der Waals surface area contributed by atoms with Gasteiger partial charge in [-0.15, -0.1) is 12.4 Å². The molecular weight excluding hydrogens is 316 g/mol. The largest absolute Gasteiger partial charge is 0.497 e. The van der Waals surface area contributed by atoms with Gasteiger partial charge in [0.25, 0.3) is 5.91 Å². The van der Waals surface area contributed by atoms with Gasteiger partial charge in [-0.05, 0) is 43.4 Å². The summed E-state index contributed by atoms with van der Waals surface area (Å²) in [5.74, 6) is 0.943. The van der Waals surface area contributed by atoms with E-state index >= 15 is 0 Å². The Kier molecular flexibility index (Phi) is 6.27. The Bertz CT molecular complexity index is 540. The van der Waals surface area contributed by atoms with Crippen molar-refractivity contribution in [3.63, 3.8) is 0 Å². The van der Waals surface area contributed by atoms with Crippen LogP contribution in [-0.2, 0) is 9.53 Å². The summed E-state index contributed by atoms with van der Waals surface area (Å²) >= 11 is 0. The highest BCUT2D eigenvalue weighted by Crippen LogP contribution is 2.35. The number of halogens is 1. The Morgan fingerprint density at radius 2 is 2.22 bits per heavy atom. The summed E-state index contributed by atoms with van der Waals surface area (Å²) in [4.78, 5) is 14.7. The molecule has 2 heterocycles. The third-order valence-corrected chi connectivity index (χ3v) is 4.66. The molecule has 1 unspecified atom stereocenters. The van der Waals surface area contributed by atoms with Crippen LogP contribution in [0.15, 0.2) is 24.3 Å². The van der Waals surface area contributed by atoms with Crippen molar-refractivity contribution in [2.75, 3.05) is 20.2 Å². The quantitative estimate of drug-likeness (QED) is 0.913. The molecule has 128 valence electrons. The van der Waals surface area contributed by atoms with Crippen LogP contribution in [0.4, 0.5) is 0 Å². The molecule has 2 aliphatic heterocycles. The zero-order valence-electron chi connectivity index (χ0n) is 13.4. The first-order valence-corrected chi connectivity index (χ1v) is 8.03. The Balaban J connectivity index is 0.00000192. The molecule has 1 aromatic rings. The molecule has 0 bridgehead atoms. The molecule has 1 amide bonds. The second kappa shape index (κ2) is 7.99. The number of carbonyl (C=O) groups excluding carboxylic acids is 1. The minimum Gasteiger partial charge on any atom is -0.497 e. The van der Waals surface area contributed by atoms with Crippen LogP contribution in [0, 0.1) is 0 Å². The van der Waals surface area contributed by atoms with Gasteiger partial charge in [0.05, 0.1) is 19.3 Å². The molecule has 3 rings (SSSR count). The first kappa shape index (κ1) is 18.0. The summed E-state index contributed by atoms with van der Waals surface area (Å²) < 4.78 is 11.1. The van der Waals surface area contributed by atoms with Gasteiger partial charge in [0, 0.05) is 13.1 Å². The molecule has 0 radical (unpaired) electrons. The average molecular weight is 341 g/mol. The topological polar surface area (TPSA) is 64.8 Å². The van der Waals surface area contributed by atoms with E-state index in [1.165, 1.54) is 0 Å². The van der Waals surface area contributed by atoms with E-state index in [9.17, 15) is 4.79 Å². The lowest BCUT2D eigenvalue weighted by atomic mass is 10.0. The molecule has 2 aliphatic rings. The zero-order valence-corrected chi connectivity index (χ0v) is 14.3. The molecule has 6 heteroatoms. The van der Waals surface area contributed by atoms with Crippen LogP contribution in [-0.4, -0.2) is 43.2 Å². The molecule has 23 heavy (non-hydrogen) atoms. The maximum absolute atomic E-state index is 12.8. The first-order valence-electron chi connectivity index (χ1n) is 8.03. The highest BCUT2D eigenvalue weighted by Gasteiger charge is 2.38. The molecule has 2 saturated heterocycles. The molecule has 0 aliphatic carbocycles. The van der Waals surface area contributed by atoms with Gasteiger partial charge in [0.15, 0.2) is 0 Å². The Morgan fingerprint density at radius 1 is 1.39 bits per heavy atom. The van der Waals surface area contributed by atoms with Crippen molar-refractivity contribution < 1.29 is 14.3 Å². The van der Waals surface area contributed by atoms with Crippen LogP contribution in [0.2, 0.25) is 0 Å². The van der Waals surface area contributed by atoms with Crippen molar-refractivity contribution >= 4 is 18.3 Å². The van der Waals surface area contributed by atoms with Gasteiger partial charge in [0.2, 0.25) is 0 Å². The van der Waals surface area contributed by atoms with Crippen LogP contribution in [0.5, 0.6) is 5.75 Å². The maximum atomic E-state index is 12.8. The van der Waals surface area contributed by atoms with Gasteiger partial charge in [-0.25, -0.2) is 0 Å². The zero-order chi connectivity index (χ0) is 15.5. The number of hydrogen-bond acceptors (Lipinski definition) is 4. The predicted molar refractivity (Wildman–Crippen MR) is 90.9 cm³/mol. The maximum Gasteiger partial charge on any atom is 0.252 e. The highest BCUT2D eigenvalue weighted by atomic mass is 35.5. The van der Waals surface area contributed by atoms with Crippen molar-refractivity contribution in [3.8, 4) is 5.75 Å². The van der Waals surface area contributed by atoms with Crippen LogP contribution in [0.1, 0.15) is 37.3 Å². The minimum atomic E-state index is -0.320. The third kappa shape index (κ3) is 3.79. The van der Waals surface area contributed by atoms with E-state index in [1.54, 1.807) is 7.11 Å². The van der Waals surface area contributed by atoms with Crippen LogP contribution >= 0.6 is 12.4 Å². The number of rotatable bonds is 4. The first-order chi connectivity index (χ1) is 10.7. The average Bonchev–Trinajstić information content (AvgIpc) is 3.23. The molecule has 1 aromatic carbocycles. The summed E-state index contributed by atoms with van der Waals surface area (Å²) in [6.07, 6.45) is 3.39. The number of likely N-dealkylation sites (tertiary alicyclic amines) is 1. The van der Waals surface area contributed by atoms with Crippen molar-refractivity contribution in [2.45, 2.75) is 43.9 Å². The monoisotopic (exact) mass is 340 g/mol. The Labute approximate surface area is 143 Å². The smallest absolute Gasteiger partial charge is 0.252 e. The van der Waals surface area contributed by atoms with Gasteiger partial charge in [-0.1, -0.05) is 12.1 Å². The summed E-state index contributed by atoms with van der Waals surface area (Å²) in [7, 11) is 1.66. The fourth-order valence-corrected chi connectivity index (χ4v) is 3.47. The number of ether oxygens (including phenoxy) is 2. The van der Waals surface area contributed by atoms with Crippen LogP contribution < -0.4 is 10.5 Å². The third-order valence-electron chi connectivity index (χ3n) is 4.66. The molecule has 5 nitrogen and oxygen atoms in total. The van der Waals surface area contributed by atoms with E-state index in [0.29, 0.717) is 6.54 Å². The van der Waals surface area contributed by atoms with Crippen LogP contribution in [0.25, 0.3) is 0 Å². The van der Waals surface area contributed by atoms with Gasteiger partial charge >= 0.3 is 0 Å². The van der Waals surface area contributed by atoms with E-state index in [-0.39, 0.29) is 36.6 Å². The molecule has 2 N–H and O–H groups in total. The minimum absolute atomic E-state index is 0. The highest BCUT2D eigenvalue weighted by molar-refractivity contribution is 5.85. The molecule has 0 spiro atoms. The lowest BCUT2D eigenvalue weighted by molar-refractivity contribution is -0.143. The van der Waals surface area contributed by atoms with E-state index in [1.807, 2.05) is 23.1 Å². The number of nitrogens with zero attached hydrogens (tertiary/aromatic N) is 1. The summed E-state index contributed by atoms with van der Waals surface area (Å²) in [5, 5.41) is 0. The lowest BCUT2D eigenvalue weighted by Gasteiger charge is -2.28. The normalized spacial score (nSPS) is 26.9. The van der Waals surface area contributed by atoms with Crippen LogP contribution in [0.3, 0.4) is 0 Å². The summed E-state index contributed by atoms with van der Waals surface area (Å²) in [6.45, 7) is 1.29. The number of hydrogen-bond donors (Lipinski definition) is 1. The van der Waals surface area contributed by atoms with E-state index in [4.69, 9.17) is 15.2 Å². The lowest BCUT2D eigenvalue weighted by Crippen LogP contribution is -2.39. The molecule has 0 aromatic heterocycles. The number of methoxy groups -OCH3 is 1. The second-order valence-electron chi connectivity index (χ2n) is 6.03. The molecule has 0 saturated carbocycles. The van der Waals surface area contributed by atoms with Gasteiger partial charge in [-0.3, -0.25) is 4.79 Å². The standard InChI is InChI=1S/C17H24N2O3.ClH/c1-21-13-5-2-4-12(10-13)15-6-3-9-19(15)17(20)16-8-7-14(11-18)22-16;/h2,4-5,10,14-16H,3,6-9,11,18H2,1H3;1H/t14-,15?,16+;/m1./s1. The van der Waals surface area contributed by atoms with Gasteiger partial charge < -0.3 is 20.1 Å². The summed E-state index contributed by atoms with van der Waals surface area (Å²) in [6, 6.07) is 8.12. The fraction of sp³-hybridized carbons (Fsp3) is 0.588. The predicted octanol–water partition coefficient (Wildman–Crippen LogP) is 2.29. The van der Waals surface area contributed by atoms with Crippen molar-refractivity contribution in [1.29, 1.82) is 0 Å². The molecule has 2 fully saturated rings. The van der Waals surface area contributed by atoms with Gasteiger partial charge in [0.1, 0.15) is 11.9 Å². The van der Waals surface area contributed by atoms with Crippen molar-refractivity contribution in [1.82, 2.24) is 4.90 Å². The second-order valence-corrected chi connectivity index (χ2v) is 6.03. The SMILES string of the molecule is COc1cccc(C2CCCN2C(=O)[C@@H]2CC[C@H](CN)O2)c1.Cl. The Morgan fingerprint density at radius 3 is 2.91 bits per heavy atom. The number of carbonyl (C=O) groups is 1.